The quantitative estimate of drug-likeness (QED) is 0.738. The molecule has 0 heterocycles. The molecule has 2 rings (SSSR count). The number of nitrogens with zero attached hydrogens (tertiary/aromatic N) is 1. The molecule has 2 aromatic rings. The second-order valence-corrected chi connectivity index (χ2v) is 8.42. The highest BCUT2D eigenvalue weighted by atomic mass is 35.5. The summed E-state index contributed by atoms with van der Waals surface area (Å²) in [6.45, 7) is 7.95. The van der Waals surface area contributed by atoms with Crippen molar-refractivity contribution >= 4 is 23.4 Å². The van der Waals surface area contributed by atoms with Gasteiger partial charge in [0.15, 0.2) is 0 Å². The second-order valence-electron chi connectivity index (χ2n) is 8.01. The maximum Gasteiger partial charge on any atom is 0.242 e. The van der Waals surface area contributed by atoms with Gasteiger partial charge in [0, 0.05) is 23.5 Å². The number of amides is 2. The number of aryl methyl sites for hydroxylation is 1. The zero-order valence-electron chi connectivity index (χ0n) is 17.0. The Morgan fingerprint density at radius 1 is 1.04 bits per heavy atom. The molecule has 0 aliphatic rings. The fourth-order valence-corrected chi connectivity index (χ4v) is 3.15. The number of rotatable bonds is 7. The molecule has 1 N–H and O–H groups in total. The molecule has 2 amide bonds. The van der Waals surface area contributed by atoms with Crippen LogP contribution in [0.2, 0.25) is 5.02 Å². The van der Waals surface area contributed by atoms with Gasteiger partial charge in [-0.2, -0.15) is 0 Å². The average Bonchev–Trinajstić information content (AvgIpc) is 2.64. The van der Waals surface area contributed by atoms with Gasteiger partial charge in [-0.25, -0.2) is 0 Å². The average molecular weight is 401 g/mol. The lowest BCUT2D eigenvalue weighted by molar-refractivity contribution is -0.141. The van der Waals surface area contributed by atoms with Gasteiger partial charge in [-0.1, -0.05) is 60.1 Å². The van der Waals surface area contributed by atoms with Gasteiger partial charge in [0.1, 0.15) is 6.04 Å². The van der Waals surface area contributed by atoms with E-state index < -0.39 is 6.04 Å². The predicted molar refractivity (Wildman–Crippen MR) is 114 cm³/mol. The summed E-state index contributed by atoms with van der Waals surface area (Å²) in [5.74, 6) is -0.227. The van der Waals surface area contributed by atoms with E-state index >= 15 is 0 Å². The van der Waals surface area contributed by atoms with E-state index in [2.05, 4.69) is 5.32 Å². The van der Waals surface area contributed by atoms with Crippen LogP contribution in [0.25, 0.3) is 0 Å². The monoisotopic (exact) mass is 400 g/mol. The Labute approximate surface area is 172 Å². The van der Waals surface area contributed by atoms with Crippen molar-refractivity contribution in [2.24, 2.45) is 0 Å². The lowest BCUT2D eigenvalue weighted by Crippen LogP contribution is -2.52. The predicted octanol–water partition coefficient (Wildman–Crippen LogP) is 4.60. The fourth-order valence-electron chi connectivity index (χ4n) is 2.92. The smallest absolute Gasteiger partial charge is 0.242 e. The molecule has 0 radical (unpaired) electrons. The SMILES string of the molecule is C[C@H](C(=O)NC(C)(C)C)N(Cc1ccccc1)C(=O)CCc1ccccc1Cl. The molecule has 1 atom stereocenters. The number of hydrogen-bond acceptors (Lipinski definition) is 2. The van der Waals surface area contributed by atoms with Gasteiger partial charge in [-0.15, -0.1) is 0 Å². The first-order valence-electron chi connectivity index (χ1n) is 9.56. The normalized spacial score (nSPS) is 12.3. The lowest BCUT2D eigenvalue weighted by atomic mass is 10.1. The molecular formula is C23H29ClN2O2. The molecule has 28 heavy (non-hydrogen) atoms. The third-order valence-corrected chi connectivity index (χ3v) is 4.80. The Kier molecular flexibility index (Phi) is 7.64. The molecule has 0 fully saturated rings. The van der Waals surface area contributed by atoms with Gasteiger partial charge >= 0.3 is 0 Å². The first kappa shape index (κ1) is 22.0. The molecule has 0 aliphatic heterocycles. The van der Waals surface area contributed by atoms with Gasteiger partial charge in [0.2, 0.25) is 11.8 Å². The van der Waals surface area contributed by atoms with Gasteiger partial charge < -0.3 is 10.2 Å². The van der Waals surface area contributed by atoms with Crippen molar-refractivity contribution in [1.29, 1.82) is 0 Å². The zero-order valence-corrected chi connectivity index (χ0v) is 17.8. The standard InChI is InChI=1S/C23H29ClN2O2/c1-17(22(28)25-23(2,3)4)26(16-18-10-6-5-7-11-18)21(27)15-14-19-12-8-9-13-20(19)24/h5-13,17H,14-16H2,1-4H3,(H,25,28)/t17-/m1/s1. The Morgan fingerprint density at radius 2 is 1.64 bits per heavy atom. The molecule has 150 valence electrons. The molecule has 0 saturated heterocycles. The van der Waals surface area contributed by atoms with Crippen molar-refractivity contribution in [3.63, 3.8) is 0 Å². The first-order valence-corrected chi connectivity index (χ1v) is 9.94. The summed E-state index contributed by atoms with van der Waals surface area (Å²) in [7, 11) is 0. The van der Waals surface area contributed by atoms with Crippen molar-refractivity contribution in [3.8, 4) is 0 Å². The van der Waals surface area contributed by atoms with E-state index in [1.807, 2.05) is 75.4 Å². The van der Waals surface area contributed by atoms with Crippen molar-refractivity contribution in [1.82, 2.24) is 10.2 Å². The van der Waals surface area contributed by atoms with Crippen molar-refractivity contribution in [2.45, 2.75) is 58.7 Å². The highest BCUT2D eigenvalue weighted by Gasteiger charge is 2.28. The maximum atomic E-state index is 13.0. The molecule has 0 saturated carbocycles. The maximum absolute atomic E-state index is 13.0. The van der Waals surface area contributed by atoms with Crippen LogP contribution in [-0.2, 0) is 22.6 Å². The van der Waals surface area contributed by atoms with Crippen LogP contribution in [0.1, 0.15) is 45.2 Å². The summed E-state index contributed by atoms with van der Waals surface area (Å²) in [5.41, 5.74) is 1.57. The highest BCUT2D eigenvalue weighted by molar-refractivity contribution is 6.31. The summed E-state index contributed by atoms with van der Waals surface area (Å²) < 4.78 is 0. The summed E-state index contributed by atoms with van der Waals surface area (Å²) in [6.07, 6.45) is 0.834. The highest BCUT2D eigenvalue weighted by Crippen LogP contribution is 2.18. The van der Waals surface area contributed by atoms with E-state index in [9.17, 15) is 9.59 Å². The lowest BCUT2D eigenvalue weighted by Gasteiger charge is -2.31. The Bertz CT molecular complexity index is 800. The van der Waals surface area contributed by atoms with Crippen LogP contribution in [0, 0.1) is 0 Å². The number of halogens is 1. The van der Waals surface area contributed by atoms with Gasteiger partial charge in [-0.3, -0.25) is 9.59 Å². The molecule has 4 nitrogen and oxygen atoms in total. The second kappa shape index (κ2) is 9.74. The Hall–Kier alpha value is -2.33. The summed E-state index contributed by atoms with van der Waals surface area (Å²) in [4.78, 5) is 27.4. The minimum Gasteiger partial charge on any atom is -0.350 e. The number of nitrogens with one attached hydrogen (secondary N) is 1. The van der Waals surface area contributed by atoms with Crippen LogP contribution in [0.4, 0.5) is 0 Å². The van der Waals surface area contributed by atoms with E-state index in [0.717, 1.165) is 11.1 Å². The largest absolute Gasteiger partial charge is 0.350 e. The number of carbonyl (C=O) groups is 2. The van der Waals surface area contributed by atoms with E-state index in [1.54, 1.807) is 11.8 Å². The van der Waals surface area contributed by atoms with E-state index in [4.69, 9.17) is 11.6 Å². The topological polar surface area (TPSA) is 49.4 Å². The number of benzene rings is 2. The molecule has 2 aromatic carbocycles. The van der Waals surface area contributed by atoms with Gasteiger partial charge in [0.25, 0.3) is 0 Å². The Morgan fingerprint density at radius 3 is 2.25 bits per heavy atom. The van der Waals surface area contributed by atoms with Crippen LogP contribution in [0.3, 0.4) is 0 Å². The van der Waals surface area contributed by atoms with Crippen LogP contribution in [0.5, 0.6) is 0 Å². The summed E-state index contributed by atoms with van der Waals surface area (Å²) >= 11 is 6.21. The molecule has 0 aliphatic carbocycles. The van der Waals surface area contributed by atoms with Gasteiger partial charge in [-0.05, 0) is 51.3 Å². The Balaban J connectivity index is 2.15. The molecule has 0 unspecified atom stereocenters. The van der Waals surface area contributed by atoms with Crippen LogP contribution < -0.4 is 5.32 Å². The van der Waals surface area contributed by atoms with Crippen LogP contribution in [-0.4, -0.2) is 28.3 Å². The van der Waals surface area contributed by atoms with Gasteiger partial charge in [0.05, 0.1) is 0 Å². The minimum absolute atomic E-state index is 0.0691. The molecule has 0 spiro atoms. The third kappa shape index (κ3) is 6.68. The first-order chi connectivity index (χ1) is 13.2. The van der Waals surface area contributed by atoms with E-state index in [0.29, 0.717) is 24.4 Å². The zero-order chi connectivity index (χ0) is 20.7. The third-order valence-electron chi connectivity index (χ3n) is 4.43. The van der Waals surface area contributed by atoms with E-state index in [-0.39, 0.29) is 17.4 Å². The van der Waals surface area contributed by atoms with Crippen LogP contribution >= 0.6 is 11.6 Å². The van der Waals surface area contributed by atoms with Crippen molar-refractivity contribution in [2.75, 3.05) is 0 Å². The summed E-state index contributed by atoms with van der Waals surface area (Å²) in [6, 6.07) is 16.7. The summed E-state index contributed by atoms with van der Waals surface area (Å²) in [5, 5.41) is 3.62. The minimum atomic E-state index is -0.571. The molecule has 0 aromatic heterocycles. The van der Waals surface area contributed by atoms with Crippen molar-refractivity contribution < 1.29 is 9.59 Å². The molecule has 5 heteroatoms. The van der Waals surface area contributed by atoms with Crippen LogP contribution in [0.15, 0.2) is 54.6 Å². The van der Waals surface area contributed by atoms with E-state index in [1.165, 1.54) is 0 Å². The van der Waals surface area contributed by atoms with Crippen molar-refractivity contribution in [3.05, 3.63) is 70.7 Å². The number of hydrogen-bond donors (Lipinski definition) is 1. The fraction of sp³-hybridized carbons (Fsp3) is 0.391. The molecular weight excluding hydrogens is 372 g/mol. The molecule has 0 bridgehead atoms. The number of carbonyl (C=O) groups excluding carboxylic acids is 2.